The summed E-state index contributed by atoms with van der Waals surface area (Å²) in [6.45, 7) is 1.74. The second kappa shape index (κ2) is 5.60. The highest BCUT2D eigenvalue weighted by Crippen LogP contribution is 2.22. The number of methoxy groups -OCH3 is 1. The molecule has 2 unspecified atom stereocenters. The standard InChI is InChI=1S/C11H16N2O4/c1-6-3-9(12)13-5-7(6)11(16)8(14)4-10(15)17-2/h3,5,8,11,14,16H,4H2,1-2H3,(H2,12,13). The zero-order chi connectivity index (χ0) is 13.0. The van der Waals surface area contributed by atoms with Crippen molar-refractivity contribution in [3.8, 4) is 0 Å². The van der Waals surface area contributed by atoms with Crippen LogP contribution in [0.4, 0.5) is 5.82 Å². The lowest BCUT2D eigenvalue weighted by atomic mass is 10.00. The zero-order valence-corrected chi connectivity index (χ0v) is 9.75. The SMILES string of the molecule is COC(=O)CC(O)C(O)c1cnc(N)cc1C. The van der Waals surface area contributed by atoms with Crippen molar-refractivity contribution in [2.24, 2.45) is 0 Å². The Kier molecular flexibility index (Phi) is 4.42. The maximum Gasteiger partial charge on any atom is 0.308 e. The molecule has 1 rings (SSSR count). The number of pyridine rings is 1. The summed E-state index contributed by atoms with van der Waals surface area (Å²) >= 11 is 0. The Hall–Kier alpha value is -1.66. The molecule has 0 fully saturated rings. The van der Waals surface area contributed by atoms with Gasteiger partial charge in [-0.15, -0.1) is 0 Å². The zero-order valence-electron chi connectivity index (χ0n) is 9.75. The van der Waals surface area contributed by atoms with Crippen LogP contribution in [0, 0.1) is 6.92 Å². The van der Waals surface area contributed by atoms with Crippen molar-refractivity contribution in [3.05, 3.63) is 23.4 Å². The quantitative estimate of drug-likeness (QED) is 0.636. The number of rotatable bonds is 4. The van der Waals surface area contributed by atoms with Crippen molar-refractivity contribution >= 4 is 11.8 Å². The number of anilines is 1. The number of nitrogen functional groups attached to an aromatic ring is 1. The average molecular weight is 240 g/mol. The van der Waals surface area contributed by atoms with E-state index in [1.165, 1.54) is 13.3 Å². The Morgan fingerprint density at radius 1 is 1.59 bits per heavy atom. The van der Waals surface area contributed by atoms with Gasteiger partial charge in [0.15, 0.2) is 0 Å². The second-order valence-corrected chi connectivity index (χ2v) is 3.76. The molecule has 0 aromatic carbocycles. The van der Waals surface area contributed by atoms with E-state index in [0.29, 0.717) is 16.9 Å². The molecule has 0 saturated carbocycles. The van der Waals surface area contributed by atoms with Crippen LogP contribution in [0.5, 0.6) is 0 Å². The molecule has 2 atom stereocenters. The molecule has 0 aliphatic heterocycles. The lowest BCUT2D eigenvalue weighted by molar-refractivity contribution is -0.144. The lowest BCUT2D eigenvalue weighted by Gasteiger charge is -2.18. The van der Waals surface area contributed by atoms with E-state index in [1.54, 1.807) is 13.0 Å². The average Bonchev–Trinajstić information content (AvgIpc) is 2.28. The van der Waals surface area contributed by atoms with E-state index in [0.717, 1.165) is 0 Å². The van der Waals surface area contributed by atoms with Gasteiger partial charge in [0.1, 0.15) is 11.9 Å². The number of aryl methyl sites for hydroxylation is 1. The molecule has 17 heavy (non-hydrogen) atoms. The Balaban J connectivity index is 2.81. The Morgan fingerprint density at radius 2 is 2.24 bits per heavy atom. The number of aromatic nitrogens is 1. The smallest absolute Gasteiger partial charge is 0.308 e. The van der Waals surface area contributed by atoms with Crippen LogP contribution in [0.25, 0.3) is 0 Å². The number of carbonyl (C=O) groups excluding carboxylic acids is 1. The molecule has 0 amide bonds. The van der Waals surface area contributed by atoms with Gasteiger partial charge in [0.05, 0.1) is 19.6 Å². The number of aliphatic hydroxyl groups is 2. The fourth-order valence-corrected chi connectivity index (χ4v) is 1.47. The van der Waals surface area contributed by atoms with Crippen LogP contribution in [0.1, 0.15) is 23.7 Å². The Labute approximate surface area is 99.0 Å². The second-order valence-electron chi connectivity index (χ2n) is 3.76. The number of esters is 1. The molecule has 94 valence electrons. The van der Waals surface area contributed by atoms with Gasteiger partial charge in [-0.25, -0.2) is 4.98 Å². The van der Waals surface area contributed by atoms with E-state index in [4.69, 9.17) is 5.73 Å². The molecule has 0 aliphatic rings. The van der Waals surface area contributed by atoms with Crippen LogP contribution in [-0.4, -0.2) is 34.4 Å². The minimum atomic E-state index is -1.23. The predicted molar refractivity (Wildman–Crippen MR) is 61.0 cm³/mol. The molecule has 0 spiro atoms. The van der Waals surface area contributed by atoms with E-state index < -0.39 is 18.2 Å². The first-order valence-corrected chi connectivity index (χ1v) is 5.10. The van der Waals surface area contributed by atoms with E-state index in [9.17, 15) is 15.0 Å². The molecule has 0 saturated heterocycles. The van der Waals surface area contributed by atoms with Crippen molar-refractivity contribution in [3.63, 3.8) is 0 Å². The van der Waals surface area contributed by atoms with Gasteiger partial charge in [-0.2, -0.15) is 0 Å². The highest BCUT2D eigenvalue weighted by molar-refractivity contribution is 5.69. The van der Waals surface area contributed by atoms with Crippen LogP contribution in [0.3, 0.4) is 0 Å². The predicted octanol–water partition coefficient (Wildman–Crippen LogP) is -0.0704. The normalized spacial score (nSPS) is 14.1. The number of ether oxygens (including phenoxy) is 1. The topological polar surface area (TPSA) is 106 Å². The van der Waals surface area contributed by atoms with Crippen LogP contribution >= 0.6 is 0 Å². The molecule has 4 N–H and O–H groups in total. The van der Waals surface area contributed by atoms with Gasteiger partial charge >= 0.3 is 5.97 Å². The van der Waals surface area contributed by atoms with Crippen molar-refractivity contribution in [1.82, 2.24) is 4.98 Å². The summed E-state index contributed by atoms with van der Waals surface area (Å²) < 4.78 is 4.41. The molecule has 0 aliphatic carbocycles. The largest absolute Gasteiger partial charge is 0.469 e. The molecule has 1 aromatic rings. The van der Waals surface area contributed by atoms with E-state index in [1.807, 2.05) is 0 Å². The van der Waals surface area contributed by atoms with Crippen LogP contribution < -0.4 is 5.73 Å². The fraction of sp³-hybridized carbons (Fsp3) is 0.455. The molecule has 6 heteroatoms. The number of aliphatic hydroxyl groups excluding tert-OH is 2. The summed E-state index contributed by atoms with van der Waals surface area (Å²) in [7, 11) is 1.22. The van der Waals surface area contributed by atoms with Crippen LogP contribution in [0.15, 0.2) is 12.3 Å². The molecular weight excluding hydrogens is 224 g/mol. The minimum Gasteiger partial charge on any atom is -0.469 e. The third-order valence-electron chi connectivity index (χ3n) is 2.46. The fourth-order valence-electron chi connectivity index (χ4n) is 1.47. The number of carbonyl (C=O) groups is 1. The first kappa shape index (κ1) is 13.4. The summed E-state index contributed by atoms with van der Waals surface area (Å²) in [6, 6.07) is 1.59. The highest BCUT2D eigenvalue weighted by Gasteiger charge is 2.23. The summed E-state index contributed by atoms with van der Waals surface area (Å²) in [5.74, 6) is -0.251. The van der Waals surface area contributed by atoms with Crippen molar-refractivity contribution in [2.75, 3.05) is 12.8 Å². The van der Waals surface area contributed by atoms with Crippen molar-refractivity contribution in [2.45, 2.75) is 25.6 Å². The number of hydrogen-bond donors (Lipinski definition) is 3. The molecular formula is C11H16N2O4. The van der Waals surface area contributed by atoms with Crippen LogP contribution in [0.2, 0.25) is 0 Å². The highest BCUT2D eigenvalue weighted by atomic mass is 16.5. The van der Waals surface area contributed by atoms with Gasteiger partial charge in [-0.1, -0.05) is 0 Å². The maximum absolute atomic E-state index is 11.0. The van der Waals surface area contributed by atoms with Gasteiger partial charge in [0.2, 0.25) is 0 Å². The van der Waals surface area contributed by atoms with Crippen LogP contribution in [-0.2, 0) is 9.53 Å². The number of hydrogen-bond acceptors (Lipinski definition) is 6. The van der Waals surface area contributed by atoms with E-state index in [2.05, 4.69) is 9.72 Å². The van der Waals surface area contributed by atoms with Gasteiger partial charge in [0.25, 0.3) is 0 Å². The Bertz CT molecular complexity index is 408. The van der Waals surface area contributed by atoms with Crippen molar-refractivity contribution in [1.29, 1.82) is 0 Å². The first-order valence-electron chi connectivity index (χ1n) is 5.10. The number of nitrogens with two attached hydrogens (primary N) is 1. The summed E-state index contributed by atoms with van der Waals surface area (Å²) in [5.41, 5.74) is 6.62. The van der Waals surface area contributed by atoms with Gasteiger partial charge in [-0.05, 0) is 18.6 Å². The summed E-state index contributed by atoms with van der Waals surface area (Å²) in [4.78, 5) is 14.8. The van der Waals surface area contributed by atoms with Crippen molar-refractivity contribution < 1.29 is 19.7 Å². The molecule has 1 aromatic heterocycles. The molecule has 0 bridgehead atoms. The Morgan fingerprint density at radius 3 is 2.76 bits per heavy atom. The third-order valence-corrected chi connectivity index (χ3v) is 2.46. The molecule has 1 heterocycles. The molecule has 0 radical (unpaired) electrons. The first-order chi connectivity index (χ1) is 7.95. The van der Waals surface area contributed by atoms with Gasteiger partial charge in [0, 0.05) is 11.8 Å². The lowest BCUT2D eigenvalue weighted by Crippen LogP contribution is -2.23. The van der Waals surface area contributed by atoms with Gasteiger partial charge < -0.3 is 20.7 Å². The monoisotopic (exact) mass is 240 g/mol. The minimum absolute atomic E-state index is 0.276. The van der Waals surface area contributed by atoms with E-state index >= 15 is 0 Å². The third kappa shape index (κ3) is 3.40. The molecule has 6 nitrogen and oxygen atoms in total. The summed E-state index contributed by atoms with van der Waals surface area (Å²) in [5, 5.41) is 19.5. The summed E-state index contributed by atoms with van der Waals surface area (Å²) in [6.07, 6.45) is -1.31. The maximum atomic E-state index is 11.0. The van der Waals surface area contributed by atoms with Gasteiger partial charge in [-0.3, -0.25) is 4.79 Å². The van der Waals surface area contributed by atoms with E-state index in [-0.39, 0.29) is 6.42 Å². The number of nitrogens with zero attached hydrogens (tertiary/aromatic N) is 1.